The molecule has 1 atom stereocenters. The lowest BCUT2D eigenvalue weighted by atomic mass is 9.97. The average molecular weight is 464 g/mol. The van der Waals surface area contributed by atoms with Gasteiger partial charge in [-0.05, 0) is 44.9 Å². The summed E-state index contributed by atoms with van der Waals surface area (Å²) in [6.45, 7) is 5.74. The molecular formula is C25H26FN5OS. The van der Waals surface area contributed by atoms with E-state index in [0.29, 0.717) is 12.1 Å². The van der Waals surface area contributed by atoms with Crippen LogP contribution in [0.15, 0.2) is 48.5 Å². The van der Waals surface area contributed by atoms with E-state index >= 15 is 0 Å². The molecule has 0 bridgehead atoms. The molecule has 1 saturated heterocycles. The molecular weight excluding hydrogens is 437 g/mol. The van der Waals surface area contributed by atoms with Crippen molar-refractivity contribution >= 4 is 32.7 Å². The van der Waals surface area contributed by atoms with Crippen molar-refractivity contribution < 1.29 is 9.18 Å². The summed E-state index contributed by atoms with van der Waals surface area (Å²) in [5.41, 5.74) is 4.49. The highest BCUT2D eigenvalue weighted by Crippen LogP contribution is 2.34. The van der Waals surface area contributed by atoms with Crippen LogP contribution in [0, 0.1) is 25.6 Å². The van der Waals surface area contributed by atoms with Crippen molar-refractivity contribution in [2.45, 2.75) is 33.2 Å². The molecule has 0 aliphatic carbocycles. The molecule has 3 heterocycles. The van der Waals surface area contributed by atoms with E-state index in [1.165, 1.54) is 11.6 Å². The van der Waals surface area contributed by atoms with Gasteiger partial charge in [-0.1, -0.05) is 47.2 Å². The van der Waals surface area contributed by atoms with Gasteiger partial charge in [0.2, 0.25) is 5.91 Å². The van der Waals surface area contributed by atoms with E-state index < -0.39 is 0 Å². The van der Waals surface area contributed by atoms with Crippen LogP contribution in [0.25, 0.3) is 16.0 Å². The topological polar surface area (TPSA) is 63.1 Å². The van der Waals surface area contributed by atoms with Gasteiger partial charge in [-0.15, -0.1) is 0 Å². The lowest BCUT2D eigenvalue weighted by Gasteiger charge is -2.31. The lowest BCUT2D eigenvalue weighted by Crippen LogP contribution is -2.43. The van der Waals surface area contributed by atoms with Gasteiger partial charge in [0.15, 0.2) is 10.8 Å². The maximum absolute atomic E-state index is 13.9. The number of carbonyl (C=O) groups excluding carboxylic acids is 1. The van der Waals surface area contributed by atoms with Crippen molar-refractivity contribution in [3.8, 4) is 5.69 Å². The Morgan fingerprint density at radius 2 is 1.97 bits per heavy atom. The van der Waals surface area contributed by atoms with Gasteiger partial charge in [-0.25, -0.2) is 9.07 Å². The number of halogens is 1. The number of rotatable bonds is 5. The van der Waals surface area contributed by atoms with Crippen LogP contribution in [0.2, 0.25) is 0 Å². The monoisotopic (exact) mass is 463 g/mol. The fourth-order valence-corrected chi connectivity index (χ4v) is 5.28. The molecule has 0 spiro atoms. The molecule has 0 radical (unpaired) electrons. The summed E-state index contributed by atoms with van der Waals surface area (Å²) < 4.78 is 16.8. The number of amides is 1. The third-order valence-electron chi connectivity index (χ3n) is 6.13. The van der Waals surface area contributed by atoms with Crippen LogP contribution in [-0.4, -0.2) is 33.8 Å². The smallest absolute Gasteiger partial charge is 0.225 e. The van der Waals surface area contributed by atoms with Crippen LogP contribution in [0.4, 0.5) is 9.52 Å². The van der Waals surface area contributed by atoms with Gasteiger partial charge < -0.3 is 10.2 Å². The second-order valence-electron chi connectivity index (χ2n) is 8.58. The number of carbonyl (C=O) groups is 1. The minimum Gasteiger partial charge on any atom is -0.352 e. The summed E-state index contributed by atoms with van der Waals surface area (Å²) in [5, 5.41) is 8.52. The Morgan fingerprint density at radius 3 is 2.76 bits per heavy atom. The van der Waals surface area contributed by atoms with Crippen molar-refractivity contribution in [1.29, 1.82) is 0 Å². The molecule has 1 aliphatic heterocycles. The van der Waals surface area contributed by atoms with Gasteiger partial charge in [0.25, 0.3) is 0 Å². The number of nitrogens with zero attached hydrogens (tertiary/aromatic N) is 4. The molecule has 0 saturated carbocycles. The number of aryl methyl sites for hydroxylation is 2. The molecule has 170 valence electrons. The van der Waals surface area contributed by atoms with Crippen molar-refractivity contribution in [2.75, 3.05) is 18.0 Å². The van der Waals surface area contributed by atoms with Gasteiger partial charge in [0.05, 0.1) is 22.0 Å². The number of nitrogens with one attached hydrogen (secondary N) is 1. The van der Waals surface area contributed by atoms with Crippen LogP contribution in [0.5, 0.6) is 0 Å². The standard InChI is InChI=1S/C25H26FN5OS/c1-16-9-11-20(12-10-16)31-23-22(17(2)29-31)33-25(28-23)30-13-5-7-19(15-30)24(32)27-14-18-6-3-4-8-21(18)26/h3-4,6,8-12,19H,5,7,13-15H2,1-2H3,(H,27,32)/t19-/m1/s1. The van der Waals surface area contributed by atoms with Gasteiger partial charge in [0.1, 0.15) is 5.82 Å². The minimum absolute atomic E-state index is 0.0360. The third kappa shape index (κ3) is 4.35. The number of anilines is 1. The Bertz CT molecular complexity index is 1300. The molecule has 8 heteroatoms. The Hall–Kier alpha value is -3.26. The summed E-state index contributed by atoms with van der Waals surface area (Å²) in [5.74, 6) is -0.478. The van der Waals surface area contributed by atoms with Crippen LogP contribution in [-0.2, 0) is 11.3 Å². The van der Waals surface area contributed by atoms with Crippen LogP contribution >= 0.6 is 11.3 Å². The second kappa shape index (κ2) is 8.94. The Labute approximate surface area is 196 Å². The van der Waals surface area contributed by atoms with Gasteiger partial charge in [0, 0.05) is 25.2 Å². The summed E-state index contributed by atoms with van der Waals surface area (Å²) >= 11 is 1.63. The molecule has 33 heavy (non-hydrogen) atoms. The first kappa shape index (κ1) is 21.6. The summed E-state index contributed by atoms with van der Waals surface area (Å²) in [6.07, 6.45) is 1.73. The summed E-state index contributed by atoms with van der Waals surface area (Å²) in [4.78, 5) is 19.9. The maximum Gasteiger partial charge on any atom is 0.225 e. The number of fused-ring (bicyclic) bond motifs is 1. The van der Waals surface area contributed by atoms with Gasteiger partial charge >= 0.3 is 0 Å². The first-order chi connectivity index (χ1) is 16.0. The first-order valence-electron chi connectivity index (χ1n) is 11.2. The molecule has 1 N–H and O–H groups in total. The Morgan fingerprint density at radius 1 is 1.18 bits per heavy atom. The van der Waals surface area contributed by atoms with Crippen molar-refractivity contribution in [2.24, 2.45) is 5.92 Å². The maximum atomic E-state index is 13.9. The highest BCUT2D eigenvalue weighted by Gasteiger charge is 2.28. The highest BCUT2D eigenvalue weighted by atomic mass is 32.1. The van der Waals surface area contributed by atoms with E-state index in [-0.39, 0.29) is 24.2 Å². The van der Waals surface area contributed by atoms with Crippen molar-refractivity contribution in [3.63, 3.8) is 0 Å². The zero-order valence-electron chi connectivity index (χ0n) is 18.7. The van der Waals surface area contributed by atoms with Gasteiger partial charge in [-0.3, -0.25) is 4.79 Å². The minimum atomic E-state index is -0.296. The zero-order chi connectivity index (χ0) is 22.9. The van der Waals surface area contributed by atoms with Gasteiger partial charge in [-0.2, -0.15) is 10.1 Å². The second-order valence-corrected chi connectivity index (χ2v) is 9.55. The number of hydrogen-bond acceptors (Lipinski definition) is 5. The zero-order valence-corrected chi connectivity index (χ0v) is 19.5. The van der Waals surface area contributed by atoms with E-state index in [9.17, 15) is 9.18 Å². The van der Waals surface area contributed by atoms with Crippen molar-refractivity contribution in [3.05, 3.63) is 71.2 Å². The fraction of sp³-hybridized carbons (Fsp3) is 0.320. The molecule has 6 nitrogen and oxygen atoms in total. The normalized spacial score (nSPS) is 16.3. The molecule has 5 rings (SSSR count). The SMILES string of the molecule is Cc1ccc(-n2nc(C)c3sc(N4CCC[C@@H](C(=O)NCc5ccccc5F)C4)nc32)cc1. The fourth-order valence-electron chi connectivity index (χ4n) is 4.26. The highest BCUT2D eigenvalue weighted by molar-refractivity contribution is 7.22. The third-order valence-corrected chi connectivity index (χ3v) is 7.34. The quantitative estimate of drug-likeness (QED) is 0.463. The number of thiazole rings is 1. The summed E-state index contributed by atoms with van der Waals surface area (Å²) in [7, 11) is 0. The lowest BCUT2D eigenvalue weighted by molar-refractivity contribution is -0.125. The Balaban J connectivity index is 1.32. The largest absolute Gasteiger partial charge is 0.352 e. The average Bonchev–Trinajstić information content (AvgIpc) is 3.40. The number of benzene rings is 2. The van der Waals surface area contributed by atoms with E-state index in [2.05, 4.69) is 41.4 Å². The van der Waals surface area contributed by atoms with E-state index in [4.69, 9.17) is 10.1 Å². The summed E-state index contributed by atoms with van der Waals surface area (Å²) in [6, 6.07) is 14.8. The first-order valence-corrected chi connectivity index (χ1v) is 12.0. The van der Waals surface area contributed by atoms with E-state index in [0.717, 1.165) is 46.2 Å². The van der Waals surface area contributed by atoms with Crippen molar-refractivity contribution in [1.82, 2.24) is 20.1 Å². The van der Waals surface area contributed by atoms with E-state index in [1.807, 2.05) is 11.6 Å². The number of aromatic nitrogens is 3. The predicted molar refractivity (Wildman–Crippen MR) is 129 cm³/mol. The molecule has 1 fully saturated rings. The molecule has 1 aliphatic rings. The molecule has 0 unspecified atom stereocenters. The molecule has 2 aromatic carbocycles. The molecule has 2 aromatic heterocycles. The Kier molecular flexibility index (Phi) is 5.85. The predicted octanol–water partition coefficient (Wildman–Crippen LogP) is 4.77. The van der Waals surface area contributed by atoms with Crippen LogP contribution in [0.1, 0.15) is 29.7 Å². The van der Waals surface area contributed by atoms with E-state index in [1.54, 1.807) is 29.5 Å². The van der Waals surface area contributed by atoms with Crippen LogP contribution < -0.4 is 10.2 Å². The number of hydrogen-bond donors (Lipinski definition) is 1. The van der Waals surface area contributed by atoms with Crippen LogP contribution in [0.3, 0.4) is 0 Å². The molecule has 1 amide bonds. The molecule has 4 aromatic rings. The number of piperidine rings is 1.